The second-order valence-corrected chi connectivity index (χ2v) is 9.86. The molecule has 0 bridgehead atoms. The van der Waals surface area contributed by atoms with Crippen molar-refractivity contribution >= 4 is 63.6 Å². The van der Waals surface area contributed by atoms with Crippen molar-refractivity contribution in [2.45, 2.75) is 26.3 Å². The average molecular weight is 528 g/mol. The quantitative estimate of drug-likeness (QED) is 0.249. The van der Waals surface area contributed by atoms with Gasteiger partial charge in [0.15, 0.2) is 0 Å². The van der Waals surface area contributed by atoms with E-state index in [0.29, 0.717) is 23.1 Å². The van der Waals surface area contributed by atoms with Gasteiger partial charge in [0.25, 0.3) is 11.5 Å². The topological polar surface area (TPSA) is 113 Å². The molecule has 2 aliphatic heterocycles. The fourth-order valence-electron chi connectivity index (χ4n) is 4.06. The van der Waals surface area contributed by atoms with Gasteiger partial charge in [0, 0.05) is 25.8 Å². The van der Waals surface area contributed by atoms with Crippen LogP contribution in [-0.2, 0) is 19.1 Å². The van der Waals surface area contributed by atoms with Gasteiger partial charge in [-0.05, 0) is 31.6 Å². The van der Waals surface area contributed by atoms with Gasteiger partial charge < -0.3 is 15.0 Å². The fourth-order valence-corrected chi connectivity index (χ4v) is 5.32. The second-order valence-electron chi connectivity index (χ2n) is 8.18. The highest BCUT2D eigenvalue weighted by Gasteiger charge is 2.36. The molecule has 0 aliphatic carbocycles. The number of aryl methyl sites for hydroxylation is 1. The molecule has 0 saturated carbocycles. The van der Waals surface area contributed by atoms with Gasteiger partial charge >= 0.3 is 5.97 Å². The number of hydrogen-bond donors (Lipinski definition) is 1. The van der Waals surface area contributed by atoms with Gasteiger partial charge in [-0.15, -0.1) is 6.58 Å². The monoisotopic (exact) mass is 527 g/mol. The van der Waals surface area contributed by atoms with E-state index < -0.39 is 17.6 Å². The van der Waals surface area contributed by atoms with E-state index in [0.717, 1.165) is 17.3 Å². The molecule has 2 aliphatic rings. The number of aromatic nitrogens is 2. The molecule has 0 aromatic carbocycles. The van der Waals surface area contributed by atoms with E-state index in [-0.39, 0.29) is 47.7 Å². The number of amides is 2. The second kappa shape index (κ2) is 10.6. The Kier molecular flexibility index (Phi) is 7.55. The zero-order valence-electron chi connectivity index (χ0n) is 19.9. The maximum absolute atomic E-state index is 13.7. The first-order valence-electron chi connectivity index (χ1n) is 11.3. The number of rotatable bonds is 7. The number of esters is 1. The van der Waals surface area contributed by atoms with Gasteiger partial charge in [0.2, 0.25) is 5.91 Å². The van der Waals surface area contributed by atoms with E-state index in [1.165, 1.54) is 15.4 Å². The molecule has 36 heavy (non-hydrogen) atoms. The molecule has 4 rings (SSSR count). The number of nitrogens with one attached hydrogen (secondary N) is 1. The number of hydrogen-bond acceptors (Lipinski definition) is 9. The average Bonchev–Trinajstić information content (AvgIpc) is 3.10. The number of anilines is 1. The molecular weight excluding hydrogens is 502 g/mol. The summed E-state index contributed by atoms with van der Waals surface area (Å²) in [6, 6.07) is 2.60. The Morgan fingerprint density at radius 2 is 2.14 bits per heavy atom. The highest BCUT2D eigenvalue weighted by Crippen LogP contribution is 2.34. The number of ether oxygens (including phenoxy) is 1. The Bertz CT molecular complexity index is 1370. The van der Waals surface area contributed by atoms with Crippen LogP contribution in [-0.4, -0.2) is 68.7 Å². The van der Waals surface area contributed by atoms with Crippen LogP contribution < -0.4 is 15.8 Å². The molecular formula is C24H25N5O5S2. The molecule has 4 heterocycles. The molecule has 2 aromatic heterocycles. The van der Waals surface area contributed by atoms with Crippen molar-refractivity contribution < 1.29 is 19.1 Å². The van der Waals surface area contributed by atoms with Gasteiger partial charge in [-0.2, -0.15) is 0 Å². The van der Waals surface area contributed by atoms with E-state index >= 15 is 0 Å². The first-order chi connectivity index (χ1) is 17.2. The smallest absolute Gasteiger partial charge is 0.308 e. The predicted molar refractivity (Wildman–Crippen MR) is 142 cm³/mol. The zero-order chi connectivity index (χ0) is 26.0. The van der Waals surface area contributed by atoms with Crippen LogP contribution in [0.3, 0.4) is 0 Å². The fraction of sp³-hybridized carbons (Fsp3) is 0.333. The third-order valence-corrected chi connectivity index (χ3v) is 7.09. The van der Waals surface area contributed by atoms with Crippen LogP contribution in [0.4, 0.5) is 5.82 Å². The van der Waals surface area contributed by atoms with E-state index in [2.05, 4.69) is 11.9 Å². The van der Waals surface area contributed by atoms with Crippen LogP contribution in [0.2, 0.25) is 0 Å². The lowest BCUT2D eigenvalue weighted by Gasteiger charge is -2.36. The third-order valence-electron chi connectivity index (χ3n) is 5.71. The molecule has 10 nitrogen and oxygen atoms in total. The van der Waals surface area contributed by atoms with Crippen molar-refractivity contribution in [2.75, 3.05) is 31.1 Å². The van der Waals surface area contributed by atoms with Crippen molar-refractivity contribution in [3.05, 3.63) is 57.4 Å². The highest BCUT2D eigenvalue weighted by molar-refractivity contribution is 8.26. The Morgan fingerprint density at radius 1 is 1.36 bits per heavy atom. The number of nitrogens with zero attached hydrogens (tertiary/aromatic N) is 4. The zero-order valence-corrected chi connectivity index (χ0v) is 21.5. The predicted octanol–water partition coefficient (Wildman–Crippen LogP) is 1.65. The Morgan fingerprint density at radius 3 is 2.86 bits per heavy atom. The summed E-state index contributed by atoms with van der Waals surface area (Å²) in [6.07, 6.45) is 4.49. The minimum absolute atomic E-state index is 0.126. The number of piperazine rings is 1. The van der Waals surface area contributed by atoms with Crippen LogP contribution in [0, 0.1) is 6.92 Å². The summed E-state index contributed by atoms with van der Waals surface area (Å²) in [6.45, 7) is 8.23. The molecule has 0 spiro atoms. The van der Waals surface area contributed by atoms with Crippen molar-refractivity contribution in [2.24, 2.45) is 0 Å². The van der Waals surface area contributed by atoms with Gasteiger partial charge in [-0.3, -0.25) is 28.5 Å². The lowest BCUT2D eigenvalue weighted by molar-refractivity contribution is -0.145. The van der Waals surface area contributed by atoms with Crippen LogP contribution in [0.5, 0.6) is 0 Å². The number of carbonyl (C=O) groups excluding carboxylic acids is 3. The molecule has 0 unspecified atom stereocenters. The SMILES string of the molecule is C=CCN1C(=O)/C(=C/c2c(N3CCNC(=O)[C@H]3CC(=O)OCC)nc3ccc(C)cn3c2=O)SC1=S. The van der Waals surface area contributed by atoms with Gasteiger partial charge in [0.1, 0.15) is 21.8 Å². The van der Waals surface area contributed by atoms with Crippen LogP contribution in [0.1, 0.15) is 24.5 Å². The number of pyridine rings is 1. The molecule has 0 radical (unpaired) electrons. The Labute approximate surface area is 217 Å². The number of fused-ring (bicyclic) bond motifs is 1. The minimum atomic E-state index is -0.931. The minimum Gasteiger partial charge on any atom is -0.466 e. The van der Waals surface area contributed by atoms with E-state index in [9.17, 15) is 19.2 Å². The summed E-state index contributed by atoms with van der Waals surface area (Å²) in [5.41, 5.74) is 0.937. The number of carbonyl (C=O) groups is 3. The Balaban J connectivity index is 1.89. The van der Waals surface area contributed by atoms with Gasteiger partial charge in [-0.25, -0.2) is 4.98 Å². The van der Waals surface area contributed by atoms with Crippen LogP contribution in [0.25, 0.3) is 11.7 Å². The molecule has 188 valence electrons. The Hall–Kier alpha value is -3.51. The molecule has 2 saturated heterocycles. The summed E-state index contributed by atoms with van der Waals surface area (Å²) in [5, 5.41) is 2.76. The van der Waals surface area contributed by atoms with Crippen molar-refractivity contribution in [3.63, 3.8) is 0 Å². The van der Waals surface area contributed by atoms with Crippen LogP contribution in [0.15, 0.2) is 40.7 Å². The summed E-state index contributed by atoms with van der Waals surface area (Å²) < 4.78 is 6.82. The number of thioether (sulfide) groups is 1. The maximum Gasteiger partial charge on any atom is 0.308 e. The first-order valence-corrected chi connectivity index (χ1v) is 12.6. The van der Waals surface area contributed by atoms with Crippen LogP contribution >= 0.6 is 24.0 Å². The summed E-state index contributed by atoms with van der Waals surface area (Å²) >= 11 is 6.41. The lowest BCUT2D eigenvalue weighted by atomic mass is 10.1. The van der Waals surface area contributed by atoms with Gasteiger partial charge in [-0.1, -0.05) is 36.1 Å². The van der Waals surface area contributed by atoms with Gasteiger partial charge in [0.05, 0.1) is 23.5 Å². The van der Waals surface area contributed by atoms with Crippen molar-refractivity contribution in [1.82, 2.24) is 19.6 Å². The van der Waals surface area contributed by atoms with Crippen molar-refractivity contribution in [1.29, 1.82) is 0 Å². The molecule has 2 amide bonds. The molecule has 2 fully saturated rings. The molecule has 12 heteroatoms. The van der Waals surface area contributed by atoms with E-state index in [4.69, 9.17) is 21.9 Å². The highest BCUT2D eigenvalue weighted by atomic mass is 32.2. The number of thiocarbonyl (C=S) groups is 1. The lowest BCUT2D eigenvalue weighted by Crippen LogP contribution is -2.57. The largest absolute Gasteiger partial charge is 0.466 e. The molecule has 1 atom stereocenters. The van der Waals surface area contributed by atoms with E-state index in [1.54, 1.807) is 30.2 Å². The molecule has 1 N–H and O–H groups in total. The van der Waals surface area contributed by atoms with E-state index in [1.807, 2.05) is 13.0 Å². The standard InChI is InChI=1S/C24H25N5O5S2/c1-4-9-28-23(33)17(36-24(28)35)11-15-20(26-18-7-6-14(3)13-29(18)22(15)32)27-10-8-25-21(31)16(27)12-19(30)34-5-2/h4,6-7,11,13,16H,1,5,8-10,12H2,2-3H3,(H,25,31)/b17-11-/t16-/m1/s1. The summed E-state index contributed by atoms with van der Waals surface area (Å²) in [5.74, 6) is -1.04. The molecule has 2 aromatic rings. The summed E-state index contributed by atoms with van der Waals surface area (Å²) in [7, 11) is 0. The summed E-state index contributed by atoms with van der Waals surface area (Å²) in [4.78, 5) is 59.8. The van der Waals surface area contributed by atoms with Crippen molar-refractivity contribution in [3.8, 4) is 0 Å². The maximum atomic E-state index is 13.7. The normalized spacial score (nSPS) is 19.2. The third kappa shape index (κ3) is 4.91. The first kappa shape index (κ1) is 25.6.